The first kappa shape index (κ1) is 37.3. The Kier molecular flexibility index (Phi) is 9.27. The minimum absolute atomic E-state index is 0.806. The van der Waals surface area contributed by atoms with Crippen LogP contribution in [0.5, 0.6) is 0 Å². The summed E-state index contributed by atoms with van der Waals surface area (Å²) in [5, 5.41) is 7.23. The summed E-state index contributed by atoms with van der Waals surface area (Å²) >= 11 is 0. The molecular weight excluding hydrogens is 755 g/mol. The quantitative estimate of drug-likeness (QED) is 0.134. The van der Waals surface area contributed by atoms with E-state index in [1.807, 2.05) is 6.07 Å². The van der Waals surface area contributed by atoms with Gasteiger partial charge in [0.15, 0.2) is 0 Å². The lowest BCUT2D eigenvalue weighted by Gasteiger charge is -2.17. The summed E-state index contributed by atoms with van der Waals surface area (Å²) in [6.45, 7) is 6.68. The van der Waals surface area contributed by atoms with Gasteiger partial charge in [-0.3, -0.25) is 0 Å². The van der Waals surface area contributed by atoms with Crippen LogP contribution in [0.15, 0.2) is 209 Å². The Morgan fingerprint density at radius 1 is 0.500 bits per heavy atom. The summed E-state index contributed by atoms with van der Waals surface area (Å²) in [6.07, 6.45) is 3.91. The molecule has 298 valence electrons. The van der Waals surface area contributed by atoms with Gasteiger partial charge in [-0.1, -0.05) is 147 Å². The summed E-state index contributed by atoms with van der Waals surface area (Å²) < 4.78 is 11.2. The lowest BCUT2D eigenvalue weighted by Crippen LogP contribution is -2.08. The maximum atomic E-state index is 6.35. The third-order valence-electron chi connectivity index (χ3n) is 12.5. The minimum Gasteiger partial charge on any atom is -0.456 e. The van der Waals surface area contributed by atoms with Gasteiger partial charge in [0, 0.05) is 54.8 Å². The van der Waals surface area contributed by atoms with Gasteiger partial charge in [0.05, 0.1) is 33.5 Å². The second kappa shape index (κ2) is 15.4. The SMILES string of the molecule is CC\C=C(/N=C(\C(CC)=C(/C)c1cccc2oc3ccccc3c12)c1ccccc1)c1cccc(-n2c3ccccc3c3cc4c5ccccc5n(-c5ccccc5)c4cc32)c1. The zero-order valence-electron chi connectivity index (χ0n) is 35.1. The zero-order chi connectivity index (χ0) is 41.7. The number of benzene rings is 8. The largest absolute Gasteiger partial charge is 0.456 e. The van der Waals surface area contributed by atoms with Crippen LogP contribution in [0.25, 0.3) is 88.2 Å². The molecule has 0 saturated heterocycles. The van der Waals surface area contributed by atoms with Crippen molar-refractivity contribution in [2.75, 3.05) is 0 Å². The van der Waals surface area contributed by atoms with Crippen LogP contribution >= 0.6 is 0 Å². The van der Waals surface area contributed by atoms with Crippen LogP contribution in [0.3, 0.4) is 0 Å². The van der Waals surface area contributed by atoms with Crippen LogP contribution < -0.4 is 0 Å². The molecule has 0 N–H and O–H groups in total. The number of rotatable bonds is 9. The molecule has 4 nitrogen and oxygen atoms in total. The maximum absolute atomic E-state index is 6.35. The van der Waals surface area contributed by atoms with Gasteiger partial charge in [-0.15, -0.1) is 0 Å². The molecule has 4 heteroatoms. The first-order valence-electron chi connectivity index (χ1n) is 21.7. The van der Waals surface area contributed by atoms with E-state index in [-0.39, 0.29) is 0 Å². The summed E-state index contributed by atoms with van der Waals surface area (Å²) in [5.74, 6) is 0. The first-order valence-corrected chi connectivity index (χ1v) is 21.7. The Morgan fingerprint density at radius 3 is 1.76 bits per heavy atom. The Balaban J connectivity index is 1.11. The van der Waals surface area contributed by atoms with Gasteiger partial charge in [0.25, 0.3) is 0 Å². The van der Waals surface area contributed by atoms with Crippen molar-refractivity contribution in [2.45, 2.75) is 33.6 Å². The number of hydrogen-bond donors (Lipinski definition) is 0. The Bertz CT molecular complexity index is 3590. The number of aliphatic imine (C=N–C) groups is 1. The molecule has 11 aromatic rings. The average molecular weight is 800 g/mol. The Hall–Kier alpha value is -7.69. The predicted molar refractivity (Wildman–Crippen MR) is 263 cm³/mol. The van der Waals surface area contributed by atoms with Gasteiger partial charge in [-0.25, -0.2) is 4.99 Å². The van der Waals surface area contributed by atoms with E-state index in [0.29, 0.717) is 0 Å². The van der Waals surface area contributed by atoms with Crippen molar-refractivity contribution in [3.63, 3.8) is 0 Å². The van der Waals surface area contributed by atoms with Crippen molar-refractivity contribution in [1.29, 1.82) is 0 Å². The normalized spacial score (nSPS) is 13.0. The highest BCUT2D eigenvalue weighted by atomic mass is 16.3. The van der Waals surface area contributed by atoms with E-state index in [9.17, 15) is 0 Å². The summed E-state index contributed by atoms with van der Waals surface area (Å²) in [4.78, 5) is 5.70. The topological polar surface area (TPSA) is 35.4 Å². The fourth-order valence-electron chi connectivity index (χ4n) is 9.67. The van der Waals surface area contributed by atoms with Crippen molar-refractivity contribution >= 4 is 82.5 Å². The lowest BCUT2D eigenvalue weighted by molar-refractivity contribution is 0.669. The van der Waals surface area contributed by atoms with Crippen molar-refractivity contribution in [3.8, 4) is 11.4 Å². The Labute approximate surface area is 361 Å². The third kappa shape index (κ3) is 6.10. The van der Waals surface area contributed by atoms with Crippen molar-refractivity contribution in [1.82, 2.24) is 9.13 Å². The highest BCUT2D eigenvalue weighted by Crippen LogP contribution is 2.41. The number of nitrogens with zero attached hydrogens (tertiary/aromatic N) is 3. The molecule has 0 atom stereocenters. The second-order valence-electron chi connectivity index (χ2n) is 16.0. The lowest BCUT2D eigenvalue weighted by atomic mass is 9.90. The van der Waals surface area contributed by atoms with Crippen LogP contribution in [0.2, 0.25) is 0 Å². The van der Waals surface area contributed by atoms with Gasteiger partial charge in [0.1, 0.15) is 11.2 Å². The number of fused-ring (bicyclic) bond motifs is 9. The molecular formula is C58H45N3O. The smallest absolute Gasteiger partial charge is 0.136 e. The zero-order valence-corrected chi connectivity index (χ0v) is 35.1. The first-order chi connectivity index (χ1) is 30.6. The number of aromatic nitrogens is 2. The van der Waals surface area contributed by atoms with Gasteiger partial charge >= 0.3 is 0 Å². The fourth-order valence-corrected chi connectivity index (χ4v) is 9.67. The molecule has 3 aromatic heterocycles. The van der Waals surface area contributed by atoms with Crippen molar-refractivity contribution in [3.05, 3.63) is 216 Å². The molecule has 0 amide bonds. The van der Waals surface area contributed by atoms with Crippen LogP contribution in [-0.2, 0) is 0 Å². The molecule has 0 aliphatic heterocycles. The molecule has 0 saturated carbocycles. The molecule has 3 heterocycles. The minimum atomic E-state index is 0.806. The van der Waals surface area contributed by atoms with Crippen LogP contribution in [0.4, 0.5) is 0 Å². The van der Waals surface area contributed by atoms with E-state index in [0.717, 1.165) is 74.2 Å². The van der Waals surface area contributed by atoms with E-state index in [1.165, 1.54) is 54.8 Å². The van der Waals surface area contributed by atoms with Gasteiger partial charge in [0.2, 0.25) is 0 Å². The number of furan rings is 1. The number of allylic oxidation sites excluding steroid dienone is 3. The molecule has 0 unspecified atom stereocenters. The second-order valence-corrected chi connectivity index (χ2v) is 16.0. The van der Waals surface area contributed by atoms with Gasteiger partial charge in [-0.2, -0.15) is 0 Å². The number of hydrogen-bond acceptors (Lipinski definition) is 2. The van der Waals surface area contributed by atoms with Crippen LogP contribution in [-0.4, -0.2) is 14.8 Å². The summed E-state index contributed by atoms with van der Waals surface area (Å²) in [7, 11) is 0. The maximum Gasteiger partial charge on any atom is 0.136 e. The van der Waals surface area contributed by atoms with E-state index in [2.05, 4.69) is 218 Å². The molecule has 62 heavy (non-hydrogen) atoms. The van der Waals surface area contributed by atoms with Gasteiger partial charge in [-0.05, 0) is 97.1 Å². The summed E-state index contributed by atoms with van der Waals surface area (Å²) in [6, 6.07) is 67.4. The van der Waals surface area contributed by atoms with E-state index in [1.54, 1.807) is 0 Å². The monoisotopic (exact) mass is 799 g/mol. The van der Waals surface area contributed by atoms with Crippen LogP contribution in [0.1, 0.15) is 50.3 Å². The molecule has 0 spiro atoms. The van der Waals surface area contributed by atoms with E-state index >= 15 is 0 Å². The van der Waals surface area contributed by atoms with E-state index < -0.39 is 0 Å². The number of para-hydroxylation sites is 4. The molecule has 8 aromatic carbocycles. The highest BCUT2D eigenvalue weighted by Gasteiger charge is 2.21. The molecule has 0 bridgehead atoms. The third-order valence-corrected chi connectivity index (χ3v) is 12.5. The molecule has 0 aliphatic rings. The fraction of sp³-hybridized carbons (Fsp3) is 0.0862. The summed E-state index contributed by atoms with van der Waals surface area (Å²) in [5.41, 5.74) is 16.4. The van der Waals surface area contributed by atoms with Gasteiger partial charge < -0.3 is 13.6 Å². The average Bonchev–Trinajstić information content (AvgIpc) is 3.98. The highest BCUT2D eigenvalue weighted by molar-refractivity contribution is 6.21. The van der Waals surface area contributed by atoms with Crippen molar-refractivity contribution in [2.24, 2.45) is 4.99 Å². The van der Waals surface area contributed by atoms with E-state index in [4.69, 9.17) is 9.41 Å². The van der Waals surface area contributed by atoms with Crippen LogP contribution in [0, 0.1) is 0 Å². The Morgan fingerprint density at radius 2 is 1.06 bits per heavy atom. The molecule has 0 aliphatic carbocycles. The molecule has 0 radical (unpaired) electrons. The molecule has 11 rings (SSSR count). The standard InChI is InChI=1S/C58H45N3O/c1-4-20-50(59-58(39-21-8-6-9-22-39)43(5-2)38(3)44-30-19-34-56-57(44)47-29-14-17-33-55(47)62-56)40-23-18-26-42(35-40)61-52-32-16-13-28-46(52)49-36-48-45-27-12-15-31-51(45)60(53(48)37-54(49)61)41-24-10-7-11-25-41/h6-37H,4-5H2,1-3H3/b43-38+,50-20-,59-58-. The predicted octanol–water partition coefficient (Wildman–Crippen LogP) is 15.9. The van der Waals surface area contributed by atoms with Crippen molar-refractivity contribution < 1.29 is 4.42 Å². The molecule has 0 fully saturated rings.